The van der Waals surface area contributed by atoms with Crippen LogP contribution in [0.4, 0.5) is 4.79 Å². The second kappa shape index (κ2) is 10.7. The maximum absolute atomic E-state index is 11.9. The summed E-state index contributed by atoms with van der Waals surface area (Å²) in [5.74, 6) is 1.80. The number of benzene rings is 2. The molecule has 1 atom stereocenters. The van der Waals surface area contributed by atoms with Gasteiger partial charge in [0.05, 0.1) is 35.0 Å². The van der Waals surface area contributed by atoms with Crippen molar-refractivity contribution in [3.63, 3.8) is 0 Å². The predicted molar refractivity (Wildman–Crippen MR) is 117 cm³/mol. The molecule has 178 valence electrons. The van der Waals surface area contributed by atoms with Crippen LogP contribution in [0.5, 0.6) is 34.5 Å². The second-order valence-electron chi connectivity index (χ2n) is 7.33. The standard InChI is InChI=1S/C23H27NO9/c1-28-16-6-5-13(9-18(16)33-23(27)24-11-20(25)26)7-14-8-15-17(32-12-14)10-19(29-2)22(31-4)21(15)30-3/h5-6,9-10,14H,7-8,11-12H2,1-4H3,(H,24,27)(H,25,26). The van der Waals surface area contributed by atoms with E-state index in [0.717, 1.165) is 11.1 Å². The fourth-order valence-corrected chi connectivity index (χ4v) is 3.75. The summed E-state index contributed by atoms with van der Waals surface area (Å²) in [7, 11) is 6.14. The summed E-state index contributed by atoms with van der Waals surface area (Å²) in [6.45, 7) is -0.0668. The number of hydrogen-bond acceptors (Lipinski definition) is 8. The van der Waals surface area contributed by atoms with Gasteiger partial charge in [-0.3, -0.25) is 4.79 Å². The number of nitrogens with one attached hydrogen (secondary N) is 1. The Labute approximate surface area is 191 Å². The van der Waals surface area contributed by atoms with Crippen molar-refractivity contribution in [2.24, 2.45) is 5.92 Å². The number of hydrogen-bond donors (Lipinski definition) is 2. The van der Waals surface area contributed by atoms with Crippen LogP contribution in [0.3, 0.4) is 0 Å². The smallest absolute Gasteiger partial charge is 0.413 e. The summed E-state index contributed by atoms with van der Waals surface area (Å²) in [5, 5.41) is 10.8. The third-order valence-electron chi connectivity index (χ3n) is 5.20. The number of ether oxygens (including phenoxy) is 6. The topological polar surface area (TPSA) is 122 Å². The third kappa shape index (κ3) is 5.51. The zero-order valence-electron chi connectivity index (χ0n) is 18.9. The molecule has 1 aliphatic rings. The van der Waals surface area contributed by atoms with Crippen LogP contribution in [-0.2, 0) is 17.6 Å². The van der Waals surface area contributed by atoms with Crippen LogP contribution < -0.4 is 33.7 Å². The number of carbonyl (C=O) groups excluding carboxylic acids is 1. The lowest BCUT2D eigenvalue weighted by molar-refractivity contribution is -0.135. The highest BCUT2D eigenvalue weighted by molar-refractivity contribution is 5.78. The van der Waals surface area contributed by atoms with Crippen molar-refractivity contribution in [1.29, 1.82) is 0 Å². The quantitative estimate of drug-likeness (QED) is 0.580. The molecule has 33 heavy (non-hydrogen) atoms. The van der Waals surface area contributed by atoms with Crippen molar-refractivity contribution in [3.8, 4) is 34.5 Å². The highest BCUT2D eigenvalue weighted by atomic mass is 16.6. The zero-order valence-corrected chi connectivity index (χ0v) is 18.9. The van der Waals surface area contributed by atoms with Gasteiger partial charge in [-0.2, -0.15) is 0 Å². The molecule has 0 radical (unpaired) electrons. The molecule has 1 unspecified atom stereocenters. The number of methoxy groups -OCH3 is 4. The lowest BCUT2D eigenvalue weighted by atomic mass is 9.90. The van der Waals surface area contributed by atoms with E-state index in [0.29, 0.717) is 48.2 Å². The molecule has 1 aliphatic heterocycles. The Bertz CT molecular complexity index is 1020. The third-order valence-corrected chi connectivity index (χ3v) is 5.20. The maximum Gasteiger partial charge on any atom is 0.413 e. The van der Waals surface area contributed by atoms with Gasteiger partial charge in [-0.15, -0.1) is 0 Å². The molecule has 0 aromatic heterocycles. The normalized spacial score (nSPS) is 14.4. The molecule has 0 saturated carbocycles. The minimum Gasteiger partial charge on any atom is -0.493 e. The molecule has 2 aromatic rings. The first-order chi connectivity index (χ1) is 15.9. The lowest BCUT2D eigenvalue weighted by Crippen LogP contribution is -2.31. The molecule has 0 bridgehead atoms. The molecule has 0 fully saturated rings. The van der Waals surface area contributed by atoms with E-state index in [2.05, 4.69) is 5.32 Å². The van der Waals surface area contributed by atoms with Gasteiger partial charge in [-0.05, 0) is 30.5 Å². The number of carboxylic acids is 1. The van der Waals surface area contributed by atoms with Crippen LogP contribution in [0.15, 0.2) is 24.3 Å². The maximum atomic E-state index is 11.9. The molecule has 10 heteroatoms. The Morgan fingerprint density at radius 2 is 1.73 bits per heavy atom. The first kappa shape index (κ1) is 23.8. The minimum atomic E-state index is -1.17. The molecule has 0 saturated heterocycles. The number of amides is 1. The predicted octanol–water partition coefficient (Wildman–Crippen LogP) is 2.69. The monoisotopic (exact) mass is 461 g/mol. The van der Waals surface area contributed by atoms with Crippen molar-refractivity contribution in [1.82, 2.24) is 5.32 Å². The molecule has 2 N–H and O–H groups in total. The van der Waals surface area contributed by atoms with E-state index in [9.17, 15) is 9.59 Å². The van der Waals surface area contributed by atoms with Crippen molar-refractivity contribution in [2.45, 2.75) is 12.8 Å². The lowest BCUT2D eigenvalue weighted by Gasteiger charge is -2.28. The Balaban J connectivity index is 1.78. The van der Waals surface area contributed by atoms with Gasteiger partial charge in [0.2, 0.25) is 5.75 Å². The molecule has 10 nitrogen and oxygen atoms in total. The average Bonchev–Trinajstić information content (AvgIpc) is 2.81. The van der Waals surface area contributed by atoms with E-state index in [-0.39, 0.29) is 11.7 Å². The zero-order chi connectivity index (χ0) is 24.0. The summed E-state index contributed by atoms with van der Waals surface area (Å²) < 4.78 is 33.0. The van der Waals surface area contributed by atoms with Crippen LogP contribution in [0.2, 0.25) is 0 Å². The van der Waals surface area contributed by atoms with E-state index in [1.54, 1.807) is 39.5 Å². The van der Waals surface area contributed by atoms with E-state index in [1.165, 1.54) is 7.11 Å². The fraction of sp³-hybridized carbons (Fsp3) is 0.391. The highest BCUT2D eigenvalue weighted by Crippen LogP contribution is 2.47. The Morgan fingerprint density at radius 3 is 2.36 bits per heavy atom. The van der Waals surface area contributed by atoms with Crippen LogP contribution in [0.1, 0.15) is 11.1 Å². The van der Waals surface area contributed by atoms with Crippen LogP contribution in [0, 0.1) is 5.92 Å². The molecular formula is C23H27NO9. The van der Waals surface area contributed by atoms with Crippen LogP contribution in [-0.4, -0.2) is 58.8 Å². The summed E-state index contributed by atoms with van der Waals surface area (Å²) in [6, 6.07) is 7.06. The van der Waals surface area contributed by atoms with Crippen LogP contribution >= 0.6 is 0 Å². The van der Waals surface area contributed by atoms with E-state index in [4.69, 9.17) is 33.5 Å². The molecule has 2 aromatic carbocycles. The summed E-state index contributed by atoms with van der Waals surface area (Å²) >= 11 is 0. The first-order valence-electron chi connectivity index (χ1n) is 10.2. The summed E-state index contributed by atoms with van der Waals surface area (Å²) in [6.07, 6.45) is 0.433. The summed E-state index contributed by atoms with van der Waals surface area (Å²) in [5.41, 5.74) is 1.79. The minimum absolute atomic E-state index is 0.117. The van der Waals surface area contributed by atoms with Gasteiger partial charge in [0.15, 0.2) is 23.0 Å². The van der Waals surface area contributed by atoms with Crippen molar-refractivity contribution >= 4 is 12.1 Å². The Hall–Kier alpha value is -3.82. The van der Waals surface area contributed by atoms with Crippen molar-refractivity contribution in [2.75, 3.05) is 41.6 Å². The van der Waals surface area contributed by atoms with E-state index < -0.39 is 18.6 Å². The molecule has 1 amide bonds. The fourth-order valence-electron chi connectivity index (χ4n) is 3.75. The molecule has 0 spiro atoms. The number of fused-ring (bicyclic) bond motifs is 1. The number of aliphatic carboxylic acids is 1. The van der Waals surface area contributed by atoms with Gasteiger partial charge in [0.25, 0.3) is 0 Å². The molecule has 3 rings (SSSR count). The average molecular weight is 461 g/mol. The SMILES string of the molecule is COc1ccc(CC2COc3cc(OC)c(OC)c(OC)c3C2)cc1OC(=O)NCC(=O)O. The van der Waals surface area contributed by atoms with Crippen molar-refractivity contribution in [3.05, 3.63) is 35.4 Å². The van der Waals surface area contributed by atoms with Crippen LogP contribution in [0.25, 0.3) is 0 Å². The van der Waals surface area contributed by atoms with Gasteiger partial charge >= 0.3 is 12.1 Å². The van der Waals surface area contributed by atoms with Gasteiger partial charge < -0.3 is 38.8 Å². The van der Waals surface area contributed by atoms with Gasteiger partial charge in [-0.25, -0.2) is 4.79 Å². The molecular weight excluding hydrogens is 434 g/mol. The van der Waals surface area contributed by atoms with Crippen molar-refractivity contribution < 1.29 is 43.1 Å². The van der Waals surface area contributed by atoms with E-state index >= 15 is 0 Å². The van der Waals surface area contributed by atoms with E-state index in [1.807, 2.05) is 6.07 Å². The number of carboxylic acid groups (broad SMARTS) is 1. The highest BCUT2D eigenvalue weighted by Gasteiger charge is 2.28. The summed E-state index contributed by atoms with van der Waals surface area (Å²) in [4.78, 5) is 22.5. The Morgan fingerprint density at radius 1 is 1.00 bits per heavy atom. The molecule has 1 heterocycles. The Kier molecular flexibility index (Phi) is 7.70. The largest absolute Gasteiger partial charge is 0.493 e. The number of rotatable bonds is 9. The second-order valence-corrected chi connectivity index (χ2v) is 7.33. The van der Waals surface area contributed by atoms with Gasteiger partial charge in [0, 0.05) is 17.5 Å². The molecule has 0 aliphatic carbocycles. The van der Waals surface area contributed by atoms with Gasteiger partial charge in [-0.1, -0.05) is 6.07 Å². The van der Waals surface area contributed by atoms with Gasteiger partial charge in [0.1, 0.15) is 12.3 Å². The first-order valence-corrected chi connectivity index (χ1v) is 10.2. The number of carbonyl (C=O) groups is 2.